The number of nitrogens with one attached hydrogen (secondary N) is 1. The first-order valence-electron chi connectivity index (χ1n) is 11.6. The van der Waals surface area contributed by atoms with Gasteiger partial charge in [-0.15, -0.1) is 0 Å². The Balaban J connectivity index is 1.76. The number of anilines is 1. The van der Waals surface area contributed by atoms with E-state index in [9.17, 15) is 14.4 Å². The molecule has 0 bridgehead atoms. The number of amides is 2. The van der Waals surface area contributed by atoms with Crippen molar-refractivity contribution in [2.24, 2.45) is 0 Å². The SMILES string of the molecule is COC(=O)c1cc2n(n1)CC(C)(C(=O)NC1CCCCCC1)N(c1ccc(C)c(C)c1)C2=O. The topological polar surface area (TPSA) is 93.5 Å². The van der Waals surface area contributed by atoms with E-state index >= 15 is 0 Å². The van der Waals surface area contributed by atoms with Crippen LogP contribution in [0.5, 0.6) is 0 Å². The second-order valence-corrected chi connectivity index (χ2v) is 9.41. The van der Waals surface area contributed by atoms with E-state index in [2.05, 4.69) is 10.4 Å². The Morgan fingerprint density at radius 3 is 2.42 bits per heavy atom. The number of esters is 1. The van der Waals surface area contributed by atoms with E-state index < -0.39 is 11.5 Å². The summed E-state index contributed by atoms with van der Waals surface area (Å²) in [6.07, 6.45) is 6.44. The van der Waals surface area contributed by atoms with Crippen LogP contribution >= 0.6 is 0 Å². The Morgan fingerprint density at radius 2 is 1.79 bits per heavy atom. The van der Waals surface area contributed by atoms with Gasteiger partial charge in [0.25, 0.3) is 5.91 Å². The molecule has 33 heavy (non-hydrogen) atoms. The number of carbonyl (C=O) groups is 3. The van der Waals surface area contributed by atoms with Crippen molar-refractivity contribution in [2.75, 3.05) is 12.0 Å². The fraction of sp³-hybridized carbons (Fsp3) is 0.520. The molecule has 1 atom stereocenters. The molecule has 2 aliphatic rings. The van der Waals surface area contributed by atoms with Crippen LogP contribution in [0.2, 0.25) is 0 Å². The number of hydrogen-bond acceptors (Lipinski definition) is 5. The minimum atomic E-state index is -1.21. The summed E-state index contributed by atoms with van der Waals surface area (Å²) in [5.74, 6) is -1.19. The molecule has 2 aromatic rings. The molecule has 4 rings (SSSR count). The van der Waals surface area contributed by atoms with Crippen LogP contribution in [0, 0.1) is 13.8 Å². The van der Waals surface area contributed by atoms with Gasteiger partial charge in [0, 0.05) is 17.8 Å². The van der Waals surface area contributed by atoms with E-state index in [1.165, 1.54) is 30.7 Å². The van der Waals surface area contributed by atoms with E-state index in [0.717, 1.165) is 36.8 Å². The molecule has 1 unspecified atom stereocenters. The number of rotatable bonds is 4. The van der Waals surface area contributed by atoms with Crippen molar-refractivity contribution >= 4 is 23.5 Å². The Bertz CT molecular complexity index is 1080. The molecule has 0 radical (unpaired) electrons. The van der Waals surface area contributed by atoms with Gasteiger partial charge >= 0.3 is 5.97 Å². The minimum Gasteiger partial charge on any atom is -0.464 e. The monoisotopic (exact) mass is 452 g/mol. The van der Waals surface area contributed by atoms with Crippen LogP contribution in [0.15, 0.2) is 24.3 Å². The van der Waals surface area contributed by atoms with Gasteiger partial charge in [-0.1, -0.05) is 31.7 Å². The van der Waals surface area contributed by atoms with Crippen LogP contribution in [0.1, 0.15) is 77.6 Å². The normalized spacial score (nSPS) is 21.3. The molecule has 2 heterocycles. The average molecular weight is 453 g/mol. The van der Waals surface area contributed by atoms with Gasteiger partial charge in [0.05, 0.1) is 13.7 Å². The summed E-state index contributed by atoms with van der Waals surface area (Å²) >= 11 is 0. The van der Waals surface area contributed by atoms with Crippen molar-refractivity contribution in [3.63, 3.8) is 0 Å². The molecule has 176 valence electrons. The molecule has 1 aromatic carbocycles. The standard InChI is InChI=1S/C25H32N4O4/c1-16-11-12-19(13-17(16)2)29-22(30)21-14-20(23(31)33-4)27-28(21)15-25(29,3)24(32)26-18-9-7-5-6-8-10-18/h11-14,18H,5-10,15H2,1-4H3,(H,26,32). The number of methoxy groups -OCH3 is 1. The third-order valence-electron chi connectivity index (χ3n) is 6.98. The third-order valence-corrected chi connectivity index (χ3v) is 6.98. The summed E-state index contributed by atoms with van der Waals surface area (Å²) in [7, 11) is 1.27. The summed E-state index contributed by atoms with van der Waals surface area (Å²) < 4.78 is 6.24. The van der Waals surface area contributed by atoms with Gasteiger partial charge in [-0.3, -0.25) is 19.2 Å². The lowest BCUT2D eigenvalue weighted by Crippen LogP contribution is -2.65. The van der Waals surface area contributed by atoms with Crippen molar-refractivity contribution < 1.29 is 19.1 Å². The van der Waals surface area contributed by atoms with E-state index in [4.69, 9.17) is 4.74 Å². The van der Waals surface area contributed by atoms with Crippen molar-refractivity contribution in [2.45, 2.75) is 77.4 Å². The smallest absolute Gasteiger partial charge is 0.358 e. The largest absolute Gasteiger partial charge is 0.464 e. The Kier molecular flexibility index (Phi) is 6.28. The van der Waals surface area contributed by atoms with Gasteiger partial charge in [-0.05, 0) is 56.9 Å². The summed E-state index contributed by atoms with van der Waals surface area (Å²) in [6, 6.07) is 7.28. The molecule has 0 saturated heterocycles. The van der Waals surface area contributed by atoms with Gasteiger partial charge in [0.1, 0.15) is 11.2 Å². The zero-order valence-electron chi connectivity index (χ0n) is 19.8. The van der Waals surface area contributed by atoms with E-state index in [1.807, 2.05) is 32.0 Å². The first-order chi connectivity index (χ1) is 15.7. The minimum absolute atomic E-state index is 0.0503. The van der Waals surface area contributed by atoms with Crippen molar-refractivity contribution in [1.82, 2.24) is 15.1 Å². The number of benzene rings is 1. The molecule has 8 nitrogen and oxygen atoms in total. The molecule has 1 aliphatic carbocycles. The summed E-state index contributed by atoms with van der Waals surface area (Å²) in [5.41, 5.74) is 1.88. The number of aromatic nitrogens is 2. The van der Waals surface area contributed by atoms with Crippen LogP contribution in [0.4, 0.5) is 5.69 Å². The highest BCUT2D eigenvalue weighted by Crippen LogP contribution is 2.34. The number of aryl methyl sites for hydroxylation is 2. The molecule has 1 N–H and O–H groups in total. The zero-order chi connectivity index (χ0) is 23.8. The third kappa shape index (κ3) is 4.26. The maximum Gasteiger partial charge on any atom is 0.358 e. The van der Waals surface area contributed by atoms with Crippen LogP contribution in [0.25, 0.3) is 0 Å². The number of ether oxygens (including phenoxy) is 1. The van der Waals surface area contributed by atoms with Gasteiger partial charge in [0.15, 0.2) is 5.69 Å². The Hall–Kier alpha value is -3.16. The summed E-state index contributed by atoms with van der Waals surface area (Å²) in [5, 5.41) is 7.51. The maximum absolute atomic E-state index is 13.8. The van der Waals surface area contributed by atoms with Crippen LogP contribution < -0.4 is 10.2 Å². The average Bonchev–Trinajstić information content (AvgIpc) is 3.04. The van der Waals surface area contributed by atoms with E-state index in [0.29, 0.717) is 5.69 Å². The van der Waals surface area contributed by atoms with Gasteiger partial charge in [-0.2, -0.15) is 5.10 Å². The molecular formula is C25H32N4O4. The van der Waals surface area contributed by atoms with Crippen molar-refractivity contribution in [3.05, 3.63) is 46.8 Å². The van der Waals surface area contributed by atoms with Crippen LogP contribution in [-0.4, -0.2) is 46.3 Å². The van der Waals surface area contributed by atoms with Gasteiger partial charge in [0.2, 0.25) is 5.91 Å². The Morgan fingerprint density at radius 1 is 1.09 bits per heavy atom. The second kappa shape index (κ2) is 9.00. The van der Waals surface area contributed by atoms with Gasteiger partial charge < -0.3 is 10.1 Å². The highest BCUT2D eigenvalue weighted by Gasteiger charge is 2.49. The van der Waals surface area contributed by atoms with Crippen molar-refractivity contribution in [3.8, 4) is 0 Å². The van der Waals surface area contributed by atoms with E-state index in [-0.39, 0.29) is 35.8 Å². The van der Waals surface area contributed by atoms with Crippen molar-refractivity contribution in [1.29, 1.82) is 0 Å². The highest BCUT2D eigenvalue weighted by molar-refractivity contribution is 6.12. The number of nitrogens with zero attached hydrogens (tertiary/aromatic N) is 3. The number of hydrogen-bond donors (Lipinski definition) is 1. The molecule has 1 saturated carbocycles. The molecule has 1 fully saturated rings. The fourth-order valence-electron chi connectivity index (χ4n) is 4.82. The maximum atomic E-state index is 13.8. The molecule has 1 aliphatic heterocycles. The molecule has 2 amide bonds. The first-order valence-corrected chi connectivity index (χ1v) is 11.6. The summed E-state index contributed by atoms with van der Waals surface area (Å²) in [6.45, 7) is 5.90. The predicted octanol–water partition coefficient (Wildman–Crippen LogP) is 3.54. The zero-order valence-corrected chi connectivity index (χ0v) is 19.8. The molecule has 0 spiro atoms. The predicted molar refractivity (Wildman–Crippen MR) is 124 cm³/mol. The lowest BCUT2D eigenvalue weighted by atomic mass is 9.92. The number of fused-ring (bicyclic) bond motifs is 1. The van der Waals surface area contributed by atoms with Gasteiger partial charge in [-0.25, -0.2) is 4.79 Å². The Labute approximate surface area is 194 Å². The van der Waals surface area contributed by atoms with Crippen LogP contribution in [0.3, 0.4) is 0 Å². The molecule has 8 heteroatoms. The van der Waals surface area contributed by atoms with Crippen LogP contribution in [-0.2, 0) is 16.1 Å². The quantitative estimate of drug-likeness (QED) is 0.566. The highest BCUT2D eigenvalue weighted by atomic mass is 16.5. The first kappa shape index (κ1) is 23.0. The lowest BCUT2D eigenvalue weighted by Gasteiger charge is -2.43. The molecular weight excluding hydrogens is 420 g/mol. The summed E-state index contributed by atoms with van der Waals surface area (Å²) in [4.78, 5) is 41.1. The number of carbonyl (C=O) groups excluding carboxylic acids is 3. The molecule has 1 aromatic heterocycles. The lowest BCUT2D eigenvalue weighted by molar-refractivity contribution is -0.127. The second-order valence-electron chi connectivity index (χ2n) is 9.41. The van der Waals surface area contributed by atoms with E-state index in [1.54, 1.807) is 11.8 Å². The fourth-order valence-corrected chi connectivity index (χ4v) is 4.82.